The molecule has 32 heavy (non-hydrogen) atoms. The molecule has 15 heteroatoms. The number of halogens is 9. The van der Waals surface area contributed by atoms with Crippen LogP contribution in [0.2, 0.25) is 10.0 Å². The molecule has 0 bridgehead atoms. The fourth-order valence-electron chi connectivity index (χ4n) is 2.13. The molecule has 1 N–H and O–H groups in total. The van der Waals surface area contributed by atoms with Crippen LogP contribution in [-0.4, -0.2) is 29.3 Å². The van der Waals surface area contributed by atoms with Gasteiger partial charge < -0.3 is 4.74 Å². The van der Waals surface area contributed by atoms with Gasteiger partial charge in [-0.15, -0.1) is 0 Å². The molecule has 2 aromatic carbocycles. The molecule has 0 aliphatic rings. The van der Waals surface area contributed by atoms with Gasteiger partial charge in [0.25, 0.3) is 5.69 Å². The summed E-state index contributed by atoms with van der Waals surface area (Å²) in [4.78, 5) is 10.0. The van der Waals surface area contributed by atoms with Crippen molar-refractivity contribution in [2.24, 2.45) is 5.10 Å². The standard InChI is InChI=1S/C17H10Cl2F7N3O3/c18-11-5-10(7-27-28-17(25,26)15(20,21)16(22,23)24)14(13(19)6-11)32-8-9-1-3-12(4-2-9)29(30)31/h1-7,28H,8H2/b27-7-. The quantitative estimate of drug-likeness (QED) is 0.152. The zero-order valence-corrected chi connectivity index (χ0v) is 16.8. The number of nitro benzene ring substituents is 1. The van der Waals surface area contributed by atoms with Gasteiger partial charge in [0, 0.05) is 22.7 Å². The summed E-state index contributed by atoms with van der Waals surface area (Å²) in [6.45, 7) is -0.226. The van der Waals surface area contributed by atoms with Crippen molar-refractivity contribution in [3.8, 4) is 5.75 Å². The molecule has 0 fully saturated rings. The zero-order valence-electron chi connectivity index (χ0n) is 15.3. The maximum Gasteiger partial charge on any atom is 0.462 e. The van der Waals surface area contributed by atoms with E-state index in [4.69, 9.17) is 27.9 Å². The molecule has 0 radical (unpaired) electrons. The lowest BCUT2D eigenvalue weighted by atomic mass is 10.2. The van der Waals surface area contributed by atoms with Crippen LogP contribution in [0.5, 0.6) is 5.75 Å². The van der Waals surface area contributed by atoms with E-state index in [2.05, 4.69) is 5.10 Å². The maximum atomic E-state index is 13.3. The number of nitrogens with one attached hydrogen (secondary N) is 1. The van der Waals surface area contributed by atoms with E-state index in [0.717, 1.165) is 6.07 Å². The Morgan fingerprint density at radius 3 is 2.19 bits per heavy atom. The highest BCUT2D eigenvalue weighted by atomic mass is 35.5. The van der Waals surface area contributed by atoms with Crippen molar-refractivity contribution >= 4 is 35.1 Å². The Labute approximate surface area is 184 Å². The van der Waals surface area contributed by atoms with E-state index >= 15 is 0 Å². The Hall–Kier alpha value is -2.80. The van der Waals surface area contributed by atoms with Crippen LogP contribution in [0.25, 0.3) is 0 Å². The van der Waals surface area contributed by atoms with E-state index < -0.39 is 23.1 Å². The van der Waals surface area contributed by atoms with Crippen molar-refractivity contribution in [1.29, 1.82) is 0 Å². The highest BCUT2D eigenvalue weighted by molar-refractivity contribution is 6.36. The number of non-ortho nitro benzene ring substituents is 1. The van der Waals surface area contributed by atoms with Crippen LogP contribution >= 0.6 is 23.2 Å². The molecule has 0 heterocycles. The van der Waals surface area contributed by atoms with Gasteiger partial charge in [-0.05, 0) is 29.8 Å². The first-order valence-electron chi connectivity index (χ1n) is 8.13. The second-order valence-corrected chi connectivity index (χ2v) is 6.88. The van der Waals surface area contributed by atoms with Crippen molar-refractivity contribution in [3.63, 3.8) is 0 Å². The first kappa shape index (κ1) is 25.5. The van der Waals surface area contributed by atoms with Crippen molar-refractivity contribution < 1.29 is 40.4 Å². The molecule has 0 saturated carbocycles. The van der Waals surface area contributed by atoms with Gasteiger partial charge in [0.05, 0.1) is 16.2 Å². The predicted octanol–water partition coefficient (Wildman–Crippen LogP) is 6.19. The molecule has 2 rings (SSSR count). The van der Waals surface area contributed by atoms with Crippen molar-refractivity contribution in [1.82, 2.24) is 5.43 Å². The summed E-state index contributed by atoms with van der Waals surface area (Å²) in [6.07, 6.45) is -6.07. The summed E-state index contributed by atoms with van der Waals surface area (Å²) < 4.78 is 94.3. The lowest BCUT2D eigenvalue weighted by Gasteiger charge is -2.27. The number of hydrazone groups is 1. The van der Waals surface area contributed by atoms with Crippen LogP contribution < -0.4 is 10.2 Å². The smallest absolute Gasteiger partial charge is 0.462 e. The minimum atomic E-state index is -6.53. The molecule has 2 aromatic rings. The largest absolute Gasteiger partial charge is 0.487 e. The highest BCUT2D eigenvalue weighted by Crippen LogP contribution is 2.45. The molecule has 6 nitrogen and oxygen atoms in total. The first-order chi connectivity index (χ1) is 14.7. The number of nitro groups is 1. The second kappa shape index (κ2) is 9.36. The van der Waals surface area contributed by atoms with Crippen LogP contribution in [0.4, 0.5) is 36.4 Å². The van der Waals surface area contributed by atoms with Gasteiger partial charge in [0.1, 0.15) is 12.4 Å². The molecule has 0 aromatic heterocycles. The molecular formula is C17H10Cl2F7N3O3. The molecule has 0 aliphatic carbocycles. The number of rotatable bonds is 8. The third-order valence-corrected chi connectivity index (χ3v) is 4.23. The third kappa shape index (κ3) is 5.71. The van der Waals surface area contributed by atoms with Crippen molar-refractivity contribution in [3.05, 3.63) is 67.7 Å². The van der Waals surface area contributed by atoms with Crippen molar-refractivity contribution in [2.75, 3.05) is 0 Å². The SMILES string of the molecule is O=[N+]([O-])c1ccc(COc2c(Cl)cc(Cl)cc2/C=N\NC(F)(F)C(F)(F)C(F)(F)F)cc1. The maximum absolute atomic E-state index is 13.3. The zero-order chi connectivity index (χ0) is 24.3. The molecule has 0 aliphatic heterocycles. The van der Waals surface area contributed by atoms with Crippen LogP contribution in [0.1, 0.15) is 11.1 Å². The summed E-state index contributed by atoms with van der Waals surface area (Å²) in [5.74, 6) is -6.62. The number of alkyl halides is 7. The Morgan fingerprint density at radius 2 is 1.66 bits per heavy atom. The molecule has 0 spiro atoms. The summed E-state index contributed by atoms with van der Waals surface area (Å²) in [7, 11) is 0. The average Bonchev–Trinajstić information content (AvgIpc) is 2.66. The van der Waals surface area contributed by atoms with E-state index in [-0.39, 0.29) is 33.7 Å². The molecule has 0 amide bonds. The lowest BCUT2D eigenvalue weighted by molar-refractivity contribution is -0.384. The first-order valence-corrected chi connectivity index (χ1v) is 8.89. The summed E-state index contributed by atoms with van der Waals surface area (Å²) >= 11 is 11.8. The number of benzene rings is 2. The number of nitrogens with zero attached hydrogens (tertiary/aromatic N) is 2. The highest BCUT2D eigenvalue weighted by Gasteiger charge is 2.73. The molecule has 174 valence electrons. The fourth-order valence-corrected chi connectivity index (χ4v) is 2.69. The second-order valence-electron chi connectivity index (χ2n) is 6.03. The number of hydrogen-bond acceptors (Lipinski definition) is 5. The van der Waals surface area contributed by atoms with Gasteiger partial charge >= 0.3 is 18.1 Å². The van der Waals surface area contributed by atoms with E-state index in [1.54, 1.807) is 0 Å². The number of ether oxygens (including phenoxy) is 1. The Morgan fingerprint density at radius 1 is 1.06 bits per heavy atom. The monoisotopic (exact) mass is 507 g/mol. The molecule has 0 saturated heterocycles. The van der Waals surface area contributed by atoms with Crippen molar-refractivity contribution in [2.45, 2.75) is 24.8 Å². The summed E-state index contributed by atoms with van der Waals surface area (Å²) in [6, 6.07) is 1.60. The lowest BCUT2D eigenvalue weighted by Crippen LogP contribution is -2.58. The Kier molecular flexibility index (Phi) is 7.45. The normalized spacial score (nSPS) is 12.8. The predicted molar refractivity (Wildman–Crippen MR) is 101 cm³/mol. The summed E-state index contributed by atoms with van der Waals surface area (Å²) in [5.41, 5.74) is 0.482. The van der Waals surface area contributed by atoms with Gasteiger partial charge in [-0.25, -0.2) is 5.43 Å². The Balaban J connectivity index is 2.22. The van der Waals surface area contributed by atoms with Gasteiger partial charge in [0.2, 0.25) is 0 Å². The fraction of sp³-hybridized carbons (Fsp3) is 0.235. The van der Waals surface area contributed by atoms with Crippen LogP contribution in [0, 0.1) is 10.1 Å². The molecule has 0 atom stereocenters. The van der Waals surface area contributed by atoms with Gasteiger partial charge in [-0.1, -0.05) is 23.2 Å². The minimum Gasteiger partial charge on any atom is -0.487 e. The third-order valence-electron chi connectivity index (χ3n) is 3.73. The summed E-state index contributed by atoms with van der Waals surface area (Å²) in [5, 5.41) is 13.2. The van der Waals surface area contributed by atoms with Gasteiger partial charge in [0.15, 0.2) is 0 Å². The van der Waals surface area contributed by atoms with Crippen LogP contribution in [0.15, 0.2) is 41.5 Å². The van der Waals surface area contributed by atoms with E-state index in [1.807, 2.05) is 0 Å². The molecule has 0 unspecified atom stereocenters. The van der Waals surface area contributed by atoms with E-state index in [0.29, 0.717) is 17.2 Å². The topological polar surface area (TPSA) is 76.8 Å². The minimum absolute atomic E-state index is 0.0495. The molecular weight excluding hydrogens is 498 g/mol. The van der Waals surface area contributed by atoms with E-state index in [9.17, 15) is 40.8 Å². The number of hydrogen-bond donors (Lipinski definition) is 1. The van der Waals surface area contributed by atoms with Gasteiger partial charge in [-0.3, -0.25) is 10.1 Å². The van der Waals surface area contributed by atoms with E-state index in [1.165, 1.54) is 30.3 Å². The van der Waals surface area contributed by atoms with Crippen LogP contribution in [0.3, 0.4) is 0 Å². The Bertz CT molecular complexity index is 1020. The van der Waals surface area contributed by atoms with Gasteiger partial charge in [-0.2, -0.15) is 35.8 Å². The average molecular weight is 508 g/mol. The van der Waals surface area contributed by atoms with Crippen LogP contribution in [-0.2, 0) is 6.61 Å².